The average molecular weight is 392 g/mol. The molecule has 0 radical (unpaired) electrons. The molecule has 2 amide bonds. The quantitative estimate of drug-likeness (QED) is 0.832. The van der Waals surface area contributed by atoms with Gasteiger partial charge in [0, 0.05) is 5.56 Å². The Kier molecular flexibility index (Phi) is 4.88. The summed E-state index contributed by atoms with van der Waals surface area (Å²) >= 11 is 0. The van der Waals surface area contributed by atoms with E-state index in [1.165, 1.54) is 37.3 Å². The zero-order valence-corrected chi connectivity index (χ0v) is 15.4. The highest BCUT2D eigenvalue weighted by Crippen LogP contribution is 2.32. The van der Waals surface area contributed by atoms with E-state index in [0.29, 0.717) is 17.7 Å². The number of aryl methyl sites for hydroxylation is 1. The van der Waals surface area contributed by atoms with Crippen molar-refractivity contribution in [2.24, 2.45) is 0 Å². The monoisotopic (exact) mass is 392 g/mol. The number of benzene rings is 2. The largest absolute Gasteiger partial charge is 0.478 e. The highest BCUT2D eigenvalue weighted by Gasteiger charge is 2.28. The van der Waals surface area contributed by atoms with Gasteiger partial charge in [-0.15, -0.1) is 0 Å². The number of hydrogen-bond acceptors (Lipinski definition) is 5. The number of hydrogen-bond donors (Lipinski definition) is 2. The molecule has 3 rings (SSSR count). The van der Waals surface area contributed by atoms with Crippen molar-refractivity contribution in [2.75, 3.05) is 5.32 Å². The predicted molar refractivity (Wildman–Crippen MR) is 95.6 cm³/mol. The molecule has 0 spiro atoms. The minimum Gasteiger partial charge on any atom is -0.478 e. The fourth-order valence-electron chi connectivity index (χ4n) is 2.54. The molecule has 1 aliphatic heterocycles. The van der Waals surface area contributed by atoms with Crippen LogP contribution in [0.3, 0.4) is 0 Å². The van der Waals surface area contributed by atoms with Crippen molar-refractivity contribution in [3.05, 3.63) is 53.3 Å². The lowest BCUT2D eigenvalue weighted by molar-refractivity contribution is -0.123. The summed E-state index contributed by atoms with van der Waals surface area (Å²) in [6, 6.07) is 7.54. The van der Waals surface area contributed by atoms with Crippen LogP contribution < -0.4 is 14.8 Å². The number of rotatable bonds is 4. The second kappa shape index (κ2) is 6.99. The number of anilines is 1. The van der Waals surface area contributed by atoms with Crippen LogP contribution in [-0.4, -0.2) is 26.3 Å². The van der Waals surface area contributed by atoms with Gasteiger partial charge in [-0.25, -0.2) is 17.5 Å². The molecule has 2 aromatic carbocycles. The lowest BCUT2D eigenvalue weighted by Gasteiger charge is -2.25. The maximum absolute atomic E-state index is 13.6. The van der Waals surface area contributed by atoms with Crippen LogP contribution in [0.4, 0.5) is 10.1 Å². The van der Waals surface area contributed by atoms with E-state index in [-0.39, 0.29) is 22.1 Å². The van der Waals surface area contributed by atoms with E-state index in [1.54, 1.807) is 6.92 Å². The maximum Gasteiger partial charge on any atom is 0.265 e. The van der Waals surface area contributed by atoms with Crippen LogP contribution in [0, 0.1) is 12.7 Å². The van der Waals surface area contributed by atoms with Crippen molar-refractivity contribution in [3.63, 3.8) is 0 Å². The first-order valence-corrected chi connectivity index (χ1v) is 9.64. The molecule has 0 bridgehead atoms. The number of nitrogens with one attached hydrogen (secondary N) is 2. The maximum atomic E-state index is 13.6. The third-order valence-corrected chi connectivity index (χ3v) is 5.44. The van der Waals surface area contributed by atoms with Crippen molar-refractivity contribution in [1.82, 2.24) is 4.72 Å². The third kappa shape index (κ3) is 3.77. The number of fused-ring (bicyclic) bond motifs is 1. The summed E-state index contributed by atoms with van der Waals surface area (Å²) in [5.41, 5.74) is 0.411. The van der Waals surface area contributed by atoms with Crippen molar-refractivity contribution >= 4 is 27.5 Å². The van der Waals surface area contributed by atoms with E-state index in [9.17, 15) is 22.4 Å². The molecule has 9 heteroatoms. The van der Waals surface area contributed by atoms with Gasteiger partial charge in [0.05, 0.1) is 10.6 Å². The first-order chi connectivity index (χ1) is 12.7. The van der Waals surface area contributed by atoms with E-state index in [4.69, 9.17) is 4.74 Å². The average Bonchev–Trinajstić information content (AvgIpc) is 2.62. The van der Waals surface area contributed by atoms with Gasteiger partial charge in [0.2, 0.25) is 0 Å². The molecule has 0 fully saturated rings. The number of carbonyl (C=O) groups excluding carboxylic acids is 2. The highest BCUT2D eigenvalue weighted by molar-refractivity contribution is 7.90. The van der Waals surface area contributed by atoms with Gasteiger partial charge >= 0.3 is 0 Å². The van der Waals surface area contributed by atoms with E-state index in [1.807, 2.05) is 4.72 Å². The molecule has 0 saturated carbocycles. The highest BCUT2D eigenvalue weighted by atomic mass is 32.2. The first-order valence-electron chi connectivity index (χ1n) is 8.16. The number of sulfonamides is 1. The van der Waals surface area contributed by atoms with Crippen LogP contribution in [-0.2, 0) is 14.8 Å². The summed E-state index contributed by atoms with van der Waals surface area (Å²) in [6.07, 6.45) is -0.176. The fourth-order valence-corrected chi connectivity index (χ4v) is 3.54. The van der Waals surface area contributed by atoms with Gasteiger partial charge < -0.3 is 10.1 Å². The third-order valence-electron chi connectivity index (χ3n) is 4.11. The Labute approximate surface area is 155 Å². The summed E-state index contributed by atoms with van der Waals surface area (Å²) in [6.45, 7) is 3.32. The van der Waals surface area contributed by atoms with Gasteiger partial charge in [0.1, 0.15) is 11.6 Å². The zero-order chi connectivity index (χ0) is 19.8. The minimum absolute atomic E-state index is 0.123. The molecule has 0 aliphatic carbocycles. The summed E-state index contributed by atoms with van der Waals surface area (Å²) in [7, 11) is -4.23. The van der Waals surface area contributed by atoms with Crippen molar-refractivity contribution in [2.45, 2.75) is 31.3 Å². The molecule has 1 aliphatic rings. The summed E-state index contributed by atoms with van der Waals surface area (Å²) in [5.74, 6) is -1.61. The molecule has 0 aromatic heterocycles. The number of ether oxygens (including phenoxy) is 1. The van der Waals surface area contributed by atoms with Crippen LogP contribution in [0.2, 0.25) is 0 Å². The molecular formula is C18H17FN2O5S. The molecule has 142 valence electrons. The van der Waals surface area contributed by atoms with Crippen LogP contribution in [0.5, 0.6) is 5.75 Å². The van der Waals surface area contributed by atoms with Gasteiger partial charge in [-0.05, 0) is 49.2 Å². The number of carbonyl (C=O) groups is 2. The molecule has 1 unspecified atom stereocenters. The number of amides is 2. The summed E-state index contributed by atoms with van der Waals surface area (Å²) in [4.78, 5) is 23.8. The second-order valence-corrected chi connectivity index (χ2v) is 7.74. The van der Waals surface area contributed by atoms with Crippen molar-refractivity contribution in [1.29, 1.82) is 0 Å². The van der Waals surface area contributed by atoms with E-state index in [0.717, 1.165) is 6.07 Å². The normalized spacial score (nSPS) is 16.1. The van der Waals surface area contributed by atoms with Crippen LogP contribution >= 0.6 is 0 Å². The topological polar surface area (TPSA) is 102 Å². The molecular weight excluding hydrogens is 375 g/mol. The van der Waals surface area contributed by atoms with E-state index < -0.39 is 27.9 Å². The van der Waals surface area contributed by atoms with E-state index >= 15 is 0 Å². The van der Waals surface area contributed by atoms with Gasteiger partial charge in [-0.2, -0.15) is 0 Å². The van der Waals surface area contributed by atoms with Gasteiger partial charge in [0.25, 0.3) is 21.8 Å². The summed E-state index contributed by atoms with van der Waals surface area (Å²) in [5, 5.41) is 2.58. The Morgan fingerprint density at radius 3 is 2.67 bits per heavy atom. The van der Waals surface area contributed by atoms with Gasteiger partial charge in [-0.3, -0.25) is 9.59 Å². The Balaban J connectivity index is 1.85. The molecule has 27 heavy (non-hydrogen) atoms. The lowest BCUT2D eigenvalue weighted by Crippen LogP contribution is -2.36. The second-order valence-electron chi connectivity index (χ2n) is 6.06. The smallest absolute Gasteiger partial charge is 0.265 e. The molecule has 7 nitrogen and oxygen atoms in total. The molecule has 2 N–H and O–H groups in total. The van der Waals surface area contributed by atoms with Crippen LogP contribution in [0.15, 0.2) is 41.3 Å². The molecule has 1 heterocycles. The minimum atomic E-state index is -4.23. The molecule has 0 saturated heterocycles. The molecule has 1 atom stereocenters. The van der Waals surface area contributed by atoms with Crippen molar-refractivity contribution < 1.29 is 27.1 Å². The Morgan fingerprint density at radius 2 is 2.00 bits per heavy atom. The Hall–Kier alpha value is -2.94. The summed E-state index contributed by atoms with van der Waals surface area (Å²) < 4.78 is 45.9. The van der Waals surface area contributed by atoms with Crippen LogP contribution in [0.1, 0.15) is 29.3 Å². The van der Waals surface area contributed by atoms with E-state index in [2.05, 4.69) is 5.32 Å². The molecule has 2 aromatic rings. The van der Waals surface area contributed by atoms with Gasteiger partial charge in [-0.1, -0.05) is 13.0 Å². The standard InChI is InChI=1S/C18H17FN2O5S/c1-3-15-18(23)20-14-9-12(6-7-16(14)26-15)27(24,25)21-17(22)11-5-4-10(2)13(19)8-11/h4-9,15H,3H2,1-2H3,(H,20,23)(H,21,22). The zero-order valence-electron chi connectivity index (χ0n) is 14.6. The fraction of sp³-hybridized carbons (Fsp3) is 0.222. The first kappa shape index (κ1) is 18.8. The van der Waals surface area contributed by atoms with Crippen LogP contribution in [0.25, 0.3) is 0 Å². The van der Waals surface area contributed by atoms with Gasteiger partial charge in [0.15, 0.2) is 6.10 Å². The Morgan fingerprint density at radius 1 is 1.26 bits per heavy atom. The van der Waals surface area contributed by atoms with Crippen molar-refractivity contribution in [3.8, 4) is 5.75 Å². The number of halogens is 1. The SMILES string of the molecule is CCC1Oc2ccc(S(=O)(=O)NC(=O)c3ccc(C)c(F)c3)cc2NC1=O. The lowest BCUT2D eigenvalue weighted by atomic mass is 10.1. The Bertz CT molecular complexity index is 1040. The predicted octanol–water partition coefficient (Wildman–Crippen LogP) is 2.36.